The Morgan fingerprint density at radius 3 is 2.70 bits per heavy atom. The molecule has 2 amide bonds. The first-order chi connectivity index (χ1) is 9.54. The number of nitrogens with one attached hydrogen (secondary N) is 1. The van der Waals surface area contributed by atoms with Crippen LogP contribution >= 0.6 is 0 Å². The molecule has 5 heteroatoms. The average molecular weight is 275 g/mol. The van der Waals surface area contributed by atoms with Gasteiger partial charge in [-0.2, -0.15) is 0 Å². The third-order valence-corrected chi connectivity index (χ3v) is 3.73. The van der Waals surface area contributed by atoms with E-state index in [0.717, 1.165) is 18.4 Å². The van der Waals surface area contributed by atoms with E-state index in [2.05, 4.69) is 24.1 Å². The van der Waals surface area contributed by atoms with Gasteiger partial charge in [0, 0.05) is 19.8 Å². The molecule has 1 aromatic rings. The molecule has 2 heterocycles. The summed E-state index contributed by atoms with van der Waals surface area (Å²) in [5.74, 6) is 0.123. The number of pyridine rings is 1. The van der Waals surface area contributed by atoms with Crippen LogP contribution in [0, 0.1) is 0 Å². The molecule has 0 radical (unpaired) electrons. The van der Waals surface area contributed by atoms with Gasteiger partial charge in [-0.05, 0) is 30.4 Å². The largest absolute Gasteiger partial charge is 0.357 e. The molecule has 5 nitrogen and oxygen atoms in total. The summed E-state index contributed by atoms with van der Waals surface area (Å²) in [6.07, 6.45) is 3.31. The number of carbonyl (C=O) groups excluding carboxylic acids is 2. The molecule has 20 heavy (non-hydrogen) atoms. The molecule has 1 unspecified atom stereocenters. The molecule has 1 N–H and O–H groups in total. The summed E-state index contributed by atoms with van der Waals surface area (Å²) in [7, 11) is 1.60. The summed E-state index contributed by atoms with van der Waals surface area (Å²) in [5.41, 5.74) is 1.51. The van der Waals surface area contributed by atoms with Crippen molar-refractivity contribution in [2.75, 3.05) is 13.6 Å². The highest BCUT2D eigenvalue weighted by atomic mass is 16.2. The van der Waals surface area contributed by atoms with Crippen LogP contribution in [0.25, 0.3) is 0 Å². The molecule has 0 aromatic carbocycles. The van der Waals surface area contributed by atoms with Gasteiger partial charge >= 0.3 is 0 Å². The zero-order valence-electron chi connectivity index (χ0n) is 12.2. The summed E-state index contributed by atoms with van der Waals surface area (Å²) in [6.45, 7) is 4.78. The average Bonchev–Trinajstić information content (AvgIpc) is 2.95. The number of rotatable bonds is 3. The van der Waals surface area contributed by atoms with Crippen molar-refractivity contribution in [3.63, 3.8) is 0 Å². The van der Waals surface area contributed by atoms with Crippen molar-refractivity contribution in [2.45, 2.75) is 38.6 Å². The van der Waals surface area contributed by atoms with Crippen molar-refractivity contribution in [3.8, 4) is 0 Å². The Morgan fingerprint density at radius 1 is 1.40 bits per heavy atom. The second-order valence-corrected chi connectivity index (χ2v) is 5.40. The minimum Gasteiger partial charge on any atom is -0.357 e. The van der Waals surface area contributed by atoms with Crippen LogP contribution in [0.15, 0.2) is 18.3 Å². The summed E-state index contributed by atoms with van der Waals surface area (Å²) in [6, 6.07) is 3.31. The zero-order valence-corrected chi connectivity index (χ0v) is 12.2. The molecule has 0 saturated carbocycles. The topological polar surface area (TPSA) is 62.3 Å². The summed E-state index contributed by atoms with van der Waals surface area (Å²) < 4.78 is 0. The van der Waals surface area contributed by atoms with Gasteiger partial charge in [-0.1, -0.05) is 19.9 Å². The van der Waals surface area contributed by atoms with E-state index in [0.29, 0.717) is 18.2 Å². The number of likely N-dealkylation sites (tertiary alicyclic amines) is 1. The summed E-state index contributed by atoms with van der Waals surface area (Å²) >= 11 is 0. The van der Waals surface area contributed by atoms with Crippen LogP contribution in [0.4, 0.5) is 0 Å². The maximum Gasteiger partial charge on any atom is 0.273 e. The first-order valence-corrected chi connectivity index (χ1v) is 7.03. The number of hydrogen-bond acceptors (Lipinski definition) is 3. The fourth-order valence-corrected chi connectivity index (χ4v) is 2.47. The van der Waals surface area contributed by atoms with Gasteiger partial charge in [0.05, 0.1) is 0 Å². The van der Waals surface area contributed by atoms with E-state index in [9.17, 15) is 9.59 Å². The lowest BCUT2D eigenvalue weighted by Gasteiger charge is -2.23. The number of likely N-dealkylation sites (N-methyl/N-ethyl adjacent to an activating group) is 1. The lowest BCUT2D eigenvalue weighted by atomic mass is 10.1. The number of carbonyl (C=O) groups is 2. The Hall–Kier alpha value is -1.91. The van der Waals surface area contributed by atoms with Gasteiger partial charge in [-0.3, -0.25) is 14.6 Å². The van der Waals surface area contributed by atoms with Gasteiger partial charge in [-0.25, -0.2) is 0 Å². The molecule has 0 spiro atoms. The molecule has 1 atom stereocenters. The van der Waals surface area contributed by atoms with Crippen molar-refractivity contribution in [3.05, 3.63) is 29.6 Å². The monoisotopic (exact) mass is 275 g/mol. The third kappa shape index (κ3) is 2.81. The highest BCUT2D eigenvalue weighted by molar-refractivity contribution is 5.96. The van der Waals surface area contributed by atoms with E-state index in [1.54, 1.807) is 24.2 Å². The van der Waals surface area contributed by atoms with Gasteiger partial charge in [0.1, 0.15) is 11.7 Å². The lowest BCUT2D eigenvalue weighted by molar-refractivity contribution is -0.124. The number of aromatic nitrogens is 1. The van der Waals surface area contributed by atoms with Gasteiger partial charge < -0.3 is 10.2 Å². The highest BCUT2D eigenvalue weighted by Crippen LogP contribution is 2.20. The van der Waals surface area contributed by atoms with E-state index in [-0.39, 0.29) is 17.9 Å². The van der Waals surface area contributed by atoms with Crippen LogP contribution in [0.2, 0.25) is 0 Å². The van der Waals surface area contributed by atoms with Crippen molar-refractivity contribution in [2.24, 2.45) is 0 Å². The first kappa shape index (κ1) is 14.5. The third-order valence-electron chi connectivity index (χ3n) is 3.73. The van der Waals surface area contributed by atoms with Crippen LogP contribution in [0.1, 0.15) is 48.7 Å². The van der Waals surface area contributed by atoms with Crippen molar-refractivity contribution >= 4 is 11.8 Å². The Balaban J connectivity index is 2.16. The van der Waals surface area contributed by atoms with Crippen molar-refractivity contribution in [1.29, 1.82) is 0 Å². The molecule has 1 fully saturated rings. The normalized spacial score (nSPS) is 18.4. The quantitative estimate of drug-likeness (QED) is 0.910. The molecule has 108 valence electrons. The lowest BCUT2D eigenvalue weighted by Crippen LogP contribution is -2.45. The van der Waals surface area contributed by atoms with Gasteiger partial charge in [0.25, 0.3) is 5.91 Å². The number of hydrogen-bond donors (Lipinski definition) is 1. The highest BCUT2D eigenvalue weighted by Gasteiger charge is 2.34. The minimum atomic E-state index is -0.362. The SMILES string of the molecule is CNC(=O)C1CCCN1C(=O)c1ccc(C(C)C)cn1. The molecule has 1 saturated heterocycles. The van der Waals surface area contributed by atoms with E-state index >= 15 is 0 Å². The standard InChI is InChI=1S/C15H21N3O2/c1-10(2)11-6-7-12(17-9-11)15(20)18-8-4-5-13(18)14(19)16-3/h6-7,9-10,13H,4-5,8H2,1-3H3,(H,16,19). The van der Waals surface area contributed by atoms with E-state index in [1.807, 2.05) is 6.07 Å². The van der Waals surface area contributed by atoms with Crippen molar-refractivity contribution in [1.82, 2.24) is 15.2 Å². The predicted octanol–water partition coefficient (Wildman–Crippen LogP) is 1.56. The maximum atomic E-state index is 12.4. The van der Waals surface area contributed by atoms with Crippen LogP contribution < -0.4 is 5.32 Å². The molecule has 2 rings (SSSR count). The molecule has 0 bridgehead atoms. The Labute approximate surface area is 119 Å². The fraction of sp³-hybridized carbons (Fsp3) is 0.533. The fourth-order valence-electron chi connectivity index (χ4n) is 2.47. The smallest absolute Gasteiger partial charge is 0.273 e. The molecular weight excluding hydrogens is 254 g/mol. The number of amides is 2. The molecule has 0 aliphatic carbocycles. The van der Waals surface area contributed by atoms with E-state index in [4.69, 9.17) is 0 Å². The summed E-state index contributed by atoms with van der Waals surface area (Å²) in [4.78, 5) is 30.1. The van der Waals surface area contributed by atoms with E-state index in [1.165, 1.54) is 0 Å². The predicted molar refractivity (Wildman–Crippen MR) is 76.5 cm³/mol. The summed E-state index contributed by atoms with van der Waals surface area (Å²) in [5, 5.41) is 2.61. The Bertz CT molecular complexity index is 496. The molecule has 1 aromatic heterocycles. The minimum absolute atomic E-state index is 0.102. The van der Waals surface area contributed by atoms with Crippen LogP contribution in [0.3, 0.4) is 0 Å². The maximum absolute atomic E-state index is 12.4. The van der Waals surface area contributed by atoms with Crippen LogP contribution in [-0.2, 0) is 4.79 Å². The van der Waals surface area contributed by atoms with Crippen molar-refractivity contribution < 1.29 is 9.59 Å². The van der Waals surface area contributed by atoms with Crippen LogP contribution in [0.5, 0.6) is 0 Å². The first-order valence-electron chi connectivity index (χ1n) is 7.03. The van der Waals surface area contributed by atoms with Gasteiger partial charge in [0.2, 0.25) is 5.91 Å². The van der Waals surface area contributed by atoms with E-state index < -0.39 is 0 Å². The second-order valence-electron chi connectivity index (χ2n) is 5.40. The number of nitrogens with zero attached hydrogens (tertiary/aromatic N) is 2. The van der Waals surface area contributed by atoms with Gasteiger partial charge in [0.15, 0.2) is 0 Å². The molecular formula is C15H21N3O2. The molecule has 1 aliphatic rings. The van der Waals surface area contributed by atoms with Crippen LogP contribution in [-0.4, -0.2) is 41.3 Å². The van der Waals surface area contributed by atoms with Gasteiger partial charge in [-0.15, -0.1) is 0 Å². The zero-order chi connectivity index (χ0) is 14.7. The molecule has 1 aliphatic heterocycles. The Kier molecular flexibility index (Phi) is 4.37. The second kappa shape index (κ2) is 6.03. The Morgan fingerprint density at radius 2 is 2.15 bits per heavy atom.